The molecule has 3 N–H and O–H groups in total. The van der Waals surface area contributed by atoms with Gasteiger partial charge in [0.1, 0.15) is 18.2 Å². The maximum absolute atomic E-state index is 13.3. The van der Waals surface area contributed by atoms with Crippen molar-refractivity contribution in [3.8, 4) is 5.69 Å². The topological polar surface area (TPSA) is 110 Å². The number of fused-ring (bicyclic) bond motifs is 1. The standard InChI is InChI=1S/C33H34N6O3S/c1-4-5-8-23-19-31(39(38-23)24-13-11-22(2)12-14-24)37-33(41)35-28-15-16-29(27-10-7-6-9-26(27)28)43-25-17-18-34-30(20-25)36-32(40)21-42-3/h6-7,9-20H,4-5,8,21H2,1-3H3,(H,34,36,40)(H2,35,37,41). The van der Waals surface area contributed by atoms with Crippen LogP contribution in [-0.4, -0.2) is 40.4 Å². The number of methoxy groups -OCH3 is 1. The fraction of sp³-hybridized carbons (Fsp3) is 0.212. The Kier molecular flexibility index (Phi) is 9.70. The zero-order valence-electron chi connectivity index (χ0n) is 24.4. The van der Waals surface area contributed by atoms with Crippen molar-refractivity contribution in [3.63, 3.8) is 0 Å². The van der Waals surface area contributed by atoms with Gasteiger partial charge in [-0.05, 0) is 61.5 Å². The number of nitrogens with one attached hydrogen (secondary N) is 3. The number of unbranched alkanes of at least 4 members (excludes halogenated alkanes) is 1. The molecule has 43 heavy (non-hydrogen) atoms. The summed E-state index contributed by atoms with van der Waals surface area (Å²) >= 11 is 1.55. The van der Waals surface area contributed by atoms with Crippen LogP contribution >= 0.6 is 11.8 Å². The quantitative estimate of drug-likeness (QED) is 0.147. The van der Waals surface area contributed by atoms with Gasteiger partial charge in [-0.2, -0.15) is 5.10 Å². The number of hydrogen-bond donors (Lipinski definition) is 3. The molecule has 2 heterocycles. The van der Waals surface area contributed by atoms with Gasteiger partial charge in [0.2, 0.25) is 0 Å². The van der Waals surface area contributed by atoms with Gasteiger partial charge in [0.05, 0.1) is 17.1 Å². The van der Waals surface area contributed by atoms with Crippen molar-refractivity contribution in [1.29, 1.82) is 0 Å². The average Bonchev–Trinajstić information content (AvgIpc) is 3.40. The van der Waals surface area contributed by atoms with Gasteiger partial charge >= 0.3 is 6.03 Å². The lowest BCUT2D eigenvalue weighted by molar-refractivity contribution is -0.119. The zero-order chi connectivity index (χ0) is 30.2. The fourth-order valence-corrected chi connectivity index (χ4v) is 5.58. The number of carbonyl (C=O) groups excluding carboxylic acids is 2. The molecule has 0 aliphatic heterocycles. The third-order valence-corrected chi connectivity index (χ3v) is 7.77. The highest BCUT2D eigenvalue weighted by Gasteiger charge is 2.15. The summed E-state index contributed by atoms with van der Waals surface area (Å²) in [5.74, 6) is 0.791. The molecule has 0 unspecified atom stereocenters. The van der Waals surface area contributed by atoms with Crippen LogP contribution in [-0.2, 0) is 16.0 Å². The first kappa shape index (κ1) is 29.8. The molecule has 2 aromatic heterocycles. The van der Waals surface area contributed by atoms with E-state index in [0.717, 1.165) is 56.8 Å². The molecule has 10 heteroatoms. The van der Waals surface area contributed by atoms with E-state index in [2.05, 4.69) is 27.9 Å². The van der Waals surface area contributed by atoms with Crippen molar-refractivity contribution in [2.24, 2.45) is 0 Å². The number of hydrogen-bond acceptors (Lipinski definition) is 6. The predicted octanol–water partition coefficient (Wildman–Crippen LogP) is 7.45. The number of aromatic nitrogens is 3. The van der Waals surface area contributed by atoms with Gasteiger partial charge in [0.15, 0.2) is 0 Å². The van der Waals surface area contributed by atoms with Crippen LogP contribution in [0.25, 0.3) is 16.5 Å². The third kappa shape index (κ3) is 7.59. The minimum Gasteiger partial charge on any atom is -0.375 e. The van der Waals surface area contributed by atoms with Crippen LogP contribution in [0.5, 0.6) is 0 Å². The molecule has 0 atom stereocenters. The number of anilines is 3. The summed E-state index contributed by atoms with van der Waals surface area (Å²) in [4.78, 5) is 31.4. The van der Waals surface area contributed by atoms with Gasteiger partial charge in [-0.15, -0.1) is 0 Å². The van der Waals surface area contributed by atoms with Gasteiger partial charge in [-0.3, -0.25) is 10.1 Å². The number of carbonyl (C=O) groups is 2. The van der Waals surface area contributed by atoms with Gasteiger partial charge in [-0.1, -0.05) is 67.1 Å². The summed E-state index contributed by atoms with van der Waals surface area (Å²) in [6.07, 6.45) is 4.58. The molecule has 3 amide bonds. The average molecular weight is 595 g/mol. The fourth-order valence-electron chi connectivity index (χ4n) is 4.60. The summed E-state index contributed by atoms with van der Waals surface area (Å²) in [5.41, 5.74) is 3.66. The van der Waals surface area contributed by atoms with E-state index in [9.17, 15) is 9.59 Å². The van der Waals surface area contributed by atoms with Crippen LogP contribution < -0.4 is 16.0 Å². The number of nitrogens with zero attached hydrogens (tertiary/aromatic N) is 3. The molecule has 0 radical (unpaired) electrons. The highest BCUT2D eigenvalue weighted by atomic mass is 32.2. The maximum Gasteiger partial charge on any atom is 0.324 e. The van der Waals surface area contributed by atoms with Gasteiger partial charge in [0.25, 0.3) is 5.91 Å². The Morgan fingerprint density at radius 3 is 2.49 bits per heavy atom. The van der Waals surface area contributed by atoms with Gasteiger partial charge in [-0.25, -0.2) is 14.5 Å². The zero-order valence-corrected chi connectivity index (χ0v) is 25.2. The Bertz CT molecular complexity index is 1740. The second-order valence-electron chi connectivity index (χ2n) is 10.1. The summed E-state index contributed by atoms with van der Waals surface area (Å²) < 4.78 is 6.66. The van der Waals surface area contributed by atoms with Crippen LogP contribution in [0.4, 0.5) is 22.1 Å². The molecule has 3 aromatic carbocycles. The Morgan fingerprint density at radius 1 is 0.930 bits per heavy atom. The van der Waals surface area contributed by atoms with Crippen molar-refractivity contribution in [1.82, 2.24) is 14.8 Å². The van der Waals surface area contributed by atoms with Gasteiger partial charge < -0.3 is 15.4 Å². The number of ether oxygens (including phenoxy) is 1. The Morgan fingerprint density at radius 2 is 1.72 bits per heavy atom. The summed E-state index contributed by atoms with van der Waals surface area (Å²) in [6.45, 7) is 4.15. The summed E-state index contributed by atoms with van der Waals surface area (Å²) in [5, 5.41) is 15.5. The molecule has 0 fully saturated rings. The molecule has 0 aliphatic rings. The lowest BCUT2D eigenvalue weighted by atomic mass is 10.1. The van der Waals surface area contributed by atoms with Crippen molar-refractivity contribution < 1.29 is 14.3 Å². The van der Waals surface area contributed by atoms with Crippen LogP contribution in [0, 0.1) is 6.92 Å². The molecular weight excluding hydrogens is 560 g/mol. The minimum atomic E-state index is -0.355. The minimum absolute atomic E-state index is 0.0416. The second-order valence-corrected chi connectivity index (χ2v) is 11.2. The maximum atomic E-state index is 13.3. The smallest absolute Gasteiger partial charge is 0.324 e. The van der Waals surface area contributed by atoms with Crippen LogP contribution in [0.1, 0.15) is 31.0 Å². The van der Waals surface area contributed by atoms with Crippen molar-refractivity contribution in [2.75, 3.05) is 29.7 Å². The number of urea groups is 1. The Balaban J connectivity index is 1.36. The lowest BCUT2D eigenvalue weighted by Gasteiger charge is -2.14. The Hall–Kier alpha value is -4.67. The molecular formula is C33H34N6O3S. The monoisotopic (exact) mass is 594 g/mol. The van der Waals surface area contributed by atoms with E-state index in [1.165, 1.54) is 7.11 Å². The van der Waals surface area contributed by atoms with Crippen molar-refractivity contribution in [3.05, 3.63) is 96.3 Å². The number of aryl methyl sites for hydroxylation is 2. The van der Waals surface area contributed by atoms with Gasteiger partial charge in [0, 0.05) is 34.6 Å². The number of benzene rings is 3. The second kappa shape index (κ2) is 14.0. The first-order chi connectivity index (χ1) is 20.9. The number of pyridine rings is 1. The molecule has 220 valence electrons. The van der Waals surface area contributed by atoms with E-state index < -0.39 is 0 Å². The Labute approximate surface area is 255 Å². The van der Waals surface area contributed by atoms with E-state index in [0.29, 0.717) is 17.3 Å². The van der Waals surface area contributed by atoms with Crippen LogP contribution in [0.15, 0.2) is 94.9 Å². The molecule has 0 spiro atoms. The lowest BCUT2D eigenvalue weighted by Crippen LogP contribution is -2.21. The van der Waals surface area contributed by atoms with E-state index in [4.69, 9.17) is 9.84 Å². The van der Waals surface area contributed by atoms with Crippen molar-refractivity contribution in [2.45, 2.75) is 42.9 Å². The third-order valence-electron chi connectivity index (χ3n) is 6.70. The highest BCUT2D eigenvalue weighted by molar-refractivity contribution is 7.99. The van der Waals surface area contributed by atoms with E-state index >= 15 is 0 Å². The number of amides is 3. The largest absolute Gasteiger partial charge is 0.375 e. The first-order valence-electron chi connectivity index (χ1n) is 14.1. The van der Waals surface area contributed by atoms with Crippen LogP contribution in [0.2, 0.25) is 0 Å². The van der Waals surface area contributed by atoms with E-state index in [1.807, 2.05) is 85.8 Å². The molecule has 9 nitrogen and oxygen atoms in total. The summed E-state index contributed by atoms with van der Waals surface area (Å²) in [6, 6.07) is 25.1. The van der Waals surface area contributed by atoms with E-state index in [1.54, 1.807) is 22.6 Å². The molecule has 5 rings (SSSR count). The SMILES string of the molecule is CCCCc1cc(NC(=O)Nc2ccc(Sc3ccnc(NC(=O)COC)c3)c3ccccc23)n(-c2ccc(C)cc2)n1. The normalized spacial score (nSPS) is 11.0. The molecule has 0 saturated heterocycles. The van der Waals surface area contributed by atoms with E-state index in [-0.39, 0.29) is 18.5 Å². The number of rotatable bonds is 11. The van der Waals surface area contributed by atoms with Crippen LogP contribution in [0.3, 0.4) is 0 Å². The molecule has 5 aromatic rings. The highest BCUT2D eigenvalue weighted by Crippen LogP contribution is 2.37. The predicted molar refractivity (Wildman–Crippen MR) is 172 cm³/mol. The molecule has 0 saturated carbocycles. The molecule has 0 aliphatic carbocycles. The first-order valence-corrected chi connectivity index (χ1v) is 14.9. The molecule has 0 bridgehead atoms. The van der Waals surface area contributed by atoms with Crippen molar-refractivity contribution >= 4 is 51.8 Å². The summed E-state index contributed by atoms with van der Waals surface area (Å²) in [7, 11) is 1.47.